The molecule has 2 rings (SSSR count). The minimum Gasteiger partial charge on any atom is -0.466 e. The molecule has 1 aliphatic rings. The van der Waals surface area contributed by atoms with Crippen LogP contribution in [0.5, 0.6) is 0 Å². The second-order valence-electron chi connectivity index (χ2n) is 4.18. The number of methoxy groups -OCH3 is 1. The van der Waals surface area contributed by atoms with Gasteiger partial charge in [-0.2, -0.15) is 5.10 Å². The van der Waals surface area contributed by atoms with E-state index in [-0.39, 0.29) is 10.8 Å². The predicted octanol–water partition coefficient (Wildman–Crippen LogP) is 2.29. The molecule has 0 bridgehead atoms. The molecule has 1 saturated heterocycles. The Morgan fingerprint density at radius 2 is 2.05 bits per heavy atom. The molecular formula is C14H12ClN3O3S. The Bertz CT molecular complexity index is 683. The van der Waals surface area contributed by atoms with Gasteiger partial charge in [-0.15, -0.1) is 5.10 Å². The Balaban J connectivity index is 2.12. The molecule has 0 unspecified atom stereocenters. The Kier molecular flexibility index (Phi) is 5.35. The summed E-state index contributed by atoms with van der Waals surface area (Å²) >= 11 is 6.85. The first kappa shape index (κ1) is 16.3. The fraction of sp³-hybridized carbons (Fsp3) is 0.143. The second kappa shape index (κ2) is 7.24. The third-order valence-corrected chi connectivity index (χ3v) is 3.98. The van der Waals surface area contributed by atoms with Gasteiger partial charge in [0.25, 0.3) is 5.91 Å². The Labute approximate surface area is 136 Å². The summed E-state index contributed by atoms with van der Waals surface area (Å²) in [4.78, 5) is 24.7. The van der Waals surface area contributed by atoms with Gasteiger partial charge in [-0.3, -0.25) is 9.69 Å². The standard InChI is InChI=1S/C14H12ClN3O3S/c1-18-13(20)11(7-12(19)21-2)22-14(18)17-16-8-9-3-5-10(15)6-4-9/h3-8H,1-2H3/b11-7-,16-8-,17-14-. The highest BCUT2D eigenvalue weighted by molar-refractivity contribution is 8.18. The highest BCUT2D eigenvalue weighted by atomic mass is 35.5. The minimum atomic E-state index is -0.588. The van der Waals surface area contributed by atoms with E-state index in [2.05, 4.69) is 14.9 Å². The molecule has 114 valence electrons. The van der Waals surface area contributed by atoms with E-state index in [0.29, 0.717) is 10.2 Å². The average molecular weight is 338 g/mol. The third kappa shape index (κ3) is 3.96. The van der Waals surface area contributed by atoms with E-state index in [9.17, 15) is 9.59 Å². The zero-order chi connectivity index (χ0) is 16.1. The SMILES string of the molecule is COC(=O)/C=C1\S/C(=N\N=C/c2ccc(Cl)cc2)N(C)C1=O. The zero-order valence-corrected chi connectivity index (χ0v) is 13.4. The van der Waals surface area contributed by atoms with Crippen molar-refractivity contribution in [2.75, 3.05) is 14.2 Å². The Hall–Kier alpha value is -2.12. The number of halogens is 1. The van der Waals surface area contributed by atoms with Crippen molar-refractivity contribution in [3.8, 4) is 0 Å². The van der Waals surface area contributed by atoms with Crippen molar-refractivity contribution in [2.24, 2.45) is 10.2 Å². The summed E-state index contributed by atoms with van der Waals surface area (Å²) in [5.74, 6) is -0.911. The number of hydrogen-bond donors (Lipinski definition) is 0. The van der Waals surface area contributed by atoms with Crippen LogP contribution in [-0.2, 0) is 14.3 Å². The number of hydrogen-bond acceptors (Lipinski definition) is 6. The van der Waals surface area contributed by atoms with Crippen LogP contribution < -0.4 is 0 Å². The molecule has 0 spiro atoms. The lowest BCUT2D eigenvalue weighted by Crippen LogP contribution is -2.23. The molecule has 1 heterocycles. The molecule has 0 radical (unpaired) electrons. The van der Waals surface area contributed by atoms with Crippen molar-refractivity contribution in [3.05, 3.63) is 45.8 Å². The molecule has 1 aliphatic heterocycles. The Morgan fingerprint density at radius 3 is 2.68 bits per heavy atom. The van der Waals surface area contributed by atoms with Crippen LogP contribution in [0.1, 0.15) is 5.56 Å². The van der Waals surface area contributed by atoms with Crippen LogP contribution in [0.25, 0.3) is 0 Å². The molecular weight excluding hydrogens is 326 g/mol. The number of benzene rings is 1. The normalized spacial score (nSPS) is 18.7. The quantitative estimate of drug-likeness (QED) is 0.367. The van der Waals surface area contributed by atoms with Crippen LogP contribution in [0.15, 0.2) is 45.4 Å². The van der Waals surface area contributed by atoms with Gasteiger partial charge in [0.15, 0.2) is 5.17 Å². The van der Waals surface area contributed by atoms with Gasteiger partial charge in [0.1, 0.15) is 0 Å². The number of likely N-dealkylation sites (N-methyl/N-ethyl adjacent to an activating group) is 1. The smallest absolute Gasteiger partial charge is 0.331 e. The molecule has 8 heteroatoms. The minimum absolute atomic E-state index is 0.245. The highest BCUT2D eigenvalue weighted by Gasteiger charge is 2.31. The molecule has 1 amide bonds. The molecule has 0 aliphatic carbocycles. The molecule has 0 saturated carbocycles. The Morgan fingerprint density at radius 1 is 1.36 bits per heavy atom. The maximum absolute atomic E-state index is 11.9. The van der Waals surface area contributed by atoms with Crippen LogP contribution in [0.4, 0.5) is 0 Å². The van der Waals surface area contributed by atoms with Crippen molar-refractivity contribution in [3.63, 3.8) is 0 Å². The highest BCUT2D eigenvalue weighted by Crippen LogP contribution is 2.29. The lowest BCUT2D eigenvalue weighted by molar-refractivity contribution is -0.135. The number of amides is 1. The van der Waals surface area contributed by atoms with Crippen molar-refractivity contribution in [2.45, 2.75) is 0 Å². The van der Waals surface area contributed by atoms with Gasteiger partial charge in [0, 0.05) is 18.1 Å². The topological polar surface area (TPSA) is 71.3 Å². The molecule has 0 aromatic heterocycles. The van der Waals surface area contributed by atoms with Gasteiger partial charge in [0.05, 0.1) is 18.2 Å². The first-order valence-electron chi connectivity index (χ1n) is 6.13. The van der Waals surface area contributed by atoms with Crippen LogP contribution >= 0.6 is 23.4 Å². The lowest BCUT2D eigenvalue weighted by atomic mass is 10.2. The number of ether oxygens (including phenoxy) is 1. The van der Waals surface area contributed by atoms with Crippen molar-refractivity contribution < 1.29 is 14.3 Å². The van der Waals surface area contributed by atoms with Gasteiger partial charge in [-0.1, -0.05) is 23.7 Å². The van der Waals surface area contributed by atoms with E-state index in [1.807, 2.05) is 0 Å². The molecule has 0 atom stereocenters. The van der Waals surface area contributed by atoms with Gasteiger partial charge < -0.3 is 4.74 Å². The largest absolute Gasteiger partial charge is 0.466 e. The van der Waals surface area contributed by atoms with E-state index < -0.39 is 5.97 Å². The van der Waals surface area contributed by atoms with Gasteiger partial charge in [0.2, 0.25) is 0 Å². The van der Waals surface area contributed by atoms with E-state index >= 15 is 0 Å². The van der Waals surface area contributed by atoms with Crippen molar-refractivity contribution >= 4 is 46.6 Å². The van der Waals surface area contributed by atoms with Crippen LogP contribution in [0, 0.1) is 0 Å². The number of thioether (sulfide) groups is 1. The molecule has 0 N–H and O–H groups in total. The summed E-state index contributed by atoms with van der Waals surface area (Å²) in [5, 5.41) is 8.93. The van der Waals surface area contributed by atoms with Gasteiger partial charge in [-0.05, 0) is 29.5 Å². The zero-order valence-electron chi connectivity index (χ0n) is 11.8. The number of rotatable bonds is 3. The lowest BCUT2D eigenvalue weighted by Gasteiger charge is -2.04. The first-order valence-corrected chi connectivity index (χ1v) is 7.33. The number of nitrogens with zero attached hydrogens (tertiary/aromatic N) is 3. The fourth-order valence-electron chi connectivity index (χ4n) is 1.50. The molecule has 6 nitrogen and oxygen atoms in total. The van der Waals surface area contributed by atoms with Gasteiger partial charge >= 0.3 is 5.97 Å². The maximum atomic E-state index is 11.9. The van der Waals surface area contributed by atoms with Crippen LogP contribution in [-0.4, -0.2) is 42.3 Å². The van der Waals surface area contributed by atoms with Crippen LogP contribution in [0.2, 0.25) is 5.02 Å². The maximum Gasteiger partial charge on any atom is 0.331 e. The van der Waals surface area contributed by atoms with Crippen molar-refractivity contribution in [1.82, 2.24) is 4.90 Å². The summed E-state index contributed by atoms with van der Waals surface area (Å²) in [5.41, 5.74) is 0.830. The third-order valence-electron chi connectivity index (χ3n) is 2.67. The molecule has 1 aromatic rings. The molecule has 22 heavy (non-hydrogen) atoms. The van der Waals surface area contributed by atoms with Crippen LogP contribution in [0.3, 0.4) is 0 Å². The molecule has 1 fully saturated rings. The van der Waals surface area contributed by atoms with Crippen molar-refractivity contribution in [1.29, 1.82) is 0 Å². The summed E-state index contributed by atoms with van der Waals surface area (Å²) in [6.45, 7) is 0. The monoisotopic (exact) mass is 337 g/mol. The van der Waals surface area contributed by atoms with E-state index in [4.69, 9.17) is 11.6 Å². The van der Waals surface area contributed by atoms with Gasteiger partial charge in [-0.25, -0.2) is 4.79 Å². The fourth-order valence-corrected chi connectivity index (χ4v) is 2.51. The van der Waals surface area contributed by atoms with E-state index in [1.165, 1.54) is 12.0 Å². The van der Waals surface area contributed by atoms with E-state index in [1.54, 1.807) is 37.5 Å². The summed E-state index contributed by atoms with van der Waals surface area (Å²) in [6.07, 6.45) is 2.68. The second-order valence-corrected chi connectivity index (χ2v) is 5.62. The summed E-state index contributed by atoms with van der Waals surface area (Å²) in [6, 6.07) is 7.08. The number of esters is 1. The number of carbonyl (C=O) groups excluding carboxylic acids is 2. The molecule has 1 aromatic carbocycles. The first-order chi connectivity index (χ1) is 10.5. The summed E-state index contributed by atoms with van der Waals surface area (Å²) in [7, 11) is 2.81. The predicted molar refractivity (Wildman–Crippen MR) is 86.9 cm³/mol. The number of amidine groups is 1. The van der Waals surface area contributed by atoms with E-state index in [0.717, 1.165) is 23.4 Å². The average Bonchev–Trinajstić information content (AvgIpc) is 2.77. The summed E-state index contributed by atoms with van der Waals surface area (Å²) < 4.78 is 4.50. The number of carbonyl (C=O) groups is 2.